The largest absolute Gasteiger partial charge is 0.497 e. The van der Waals surface area contributed by atoms with Crippen LogP contribution in [-0.4, -0.2) is 24.9 Å². The summed E-state index contributed by atoms with van der Waals surface area (Å²) in [5, 5.41) is 8.44. The fourth-order valence-corrected chi connectivity index (χ4v) is 3.40. The molecule has 0 unspecified atom stereocenters. The Hall–Kier alpha value is -2.76. The molecule has 0 aliphatic rings. The molecule has 1 heterocycles. The fourth-order valence-electron chi connectivity index (χ4n) is 2.95. The molecular formula is C25H28Cl2N2O3. The second kappa shape index (κ2) is 12.3. The van der Waals surface area contributed by atoms with Crippen molar-refractivity contribution in [3.63, 3.8) is 0 Å². The van der Waals surface area contributed by atoms with Gasteiger partial charge in [-0.1, -0.05) is 42.3 Å². The number of rotatable bonds is 7. The van der Waals surface area contributed by atoms with E-state index in [-0.39, 0.29) is 0 Å². The molecule has 0 radical (unpaired) electrons. The number of hydrogen-bond donors (Lipinski definition) is 1. The van der Waals surface area contributed by atoms with Crippen molar-refractivity contribution in [2.24, 2.45) is 0 Å². The summed E-state index contributed by atoms with van der Waals surface area (Å²) in [6, 6.07) is 13.2. The van der Waals surface area contributed by atoms with Crippen LogP contribution in [0.1, 0.15) is 36.1 Å². The van der Waals surface area contributed by atoms with Crippen LogP contribution in [0.2, 0.25) is 10.2 Å². The summed E-state index contributed by atoms with van der Waals surface area (Å²) in [5.74, 6) is 2.25. The average Bonchev–Trinajstić information content (AvgIpc) is 2.78. The first-order valence-electron chi connectivity index (χ1n) is 10.1. The molecular weight excluding hydrogens is 447 g/mol. The summed E-state index contributed by atoms with van der Waals surface area (Å²) in [5.41, 5.74) is 4.49. The zero-order chi connectivity index (χ0) is 23.7. The maximum Gasteiger partial charge on any atom is 0.142 e. The Balaban J connectivity index is 0.000000278. The van der Waals surface area contributed by atoms with Crippen molar-refractivity contribution >= 4 is 28.9 Å². The highest BCUT2D eigenvalue weighted by atomic mass is 35.5. The Kier molecular flexibility index (Phi) is 9.82. The van der Waals surface area contributed by atoms with Crippen LogP contribution >= 0.6 is 23.2 Å². The smallest absolute Gasteiger partial charge is 0.142 e. The van der Waals surface area contributed by atoms with E-state index in [1.165, 1.54) is 0 Å². The Morgan fingerprint density at radius 2 is 1.69 bits per heavy atom. The summed E-state index contributed by atoms with van der Waals surface area (Å²) < 4.78 is 16.3. The molecule has 0 spiro atoms. The molecule has 2 aromatic carbocycles. The van der Waals surface area contributed by atoms with E-state index >= 15 is 0 Å². The van der Waals surface area contributed by atoms with Crippen molar-refractivity contribution in [1.82, 2.24) is 4.98 Å². The lowest BCUT2D eigenvalue weighted by Crippen LogP contribution is -1.98. The zero-order valence-electron chi connectivity index (χ0n) is 19.0. The number of ether oxygens (including phenoxy) is 3. The molecule has 5 nitrogen and oxygen atoms in total. The summed E-state index contributed by atoms with van der Waals surface area (Å²) in [4.78, 5) is 3.89. The van der Waals surface area contributed by atoms with E-state index in [1.54, 1.807) is 33.4 Å². The van der Waals surface area contributed by atoms with Crippen LogP contribution in [-0.2, 0) is 13.0 Å². The van der Waals surface area contributed by atoms with E-state index in [0.29, 0.717) is 28.2 Å². The molecule has 0 aliphatic carbocycles. The number of methoxy groups -OCH3 is 2. The van der Waals surface area contributed by atoms with E-state index in [2.05, 4.69) is 11.9 Å². The molecule has 0 aliphatic heterocycles. The van der Waals surface area contributed by atoms with E-state index in [4.69, 9.17) is 42.8 Å². The Bertz CT molecular complexity index is 1050. The first-order valence-corrected chi connectivity index (χ1v) is 10.8. The van der Waals surface area contributed by atoms with Crippen LogP contribution in [0.3, 0.4) is 0 Å². The van der Waals surface area contributed by atoms with Crippen molar-refractivity contribution in [2.75, 3.05) is 14.2 Å². The van der Waals surface area contributed by atoms with Crippen molar-refractivity contribution in [2.45, 2.75) is 33.8 Å². The minimum Gasteiger partial charge on any atom is -0.497 e. The summed E-state index contributed by atoms with van der Waals surface area (Å²) in [6.07, 6.45) is 2.49. The van der Waals surface area contributed by atoms with Crippen LogP contribution in [0.25, 0.3) is 0 Å². The molecule has 0 bridgehead atoms. The molecule has 0 saturated carbocycles. The van der Waals surface area contributed by atoms with Crippen molar-refractivity contribution < 1.29 is 14.2 Å². The van der Waals surface area contributed by atoms with Crippen LogP contribution in [0, 0.1) is 12.3 Å². The minimum absolute atomic E-state index is 0.443. The Morgan fingerprint density at radius 3 is 2.22 bits per heavy atom. The van der Waals surface area contributed by atoms with Gasteiger partial charge in [-0.05, 0) is 61.2 Å². The van der Waals surface area contributed by atoms with Gasteiger partial charge in [0.25, 0.3) is 0 Å². The topological polar surface area (TPSA) is 64.4 Å². The quantitative estimate of drug-likeness (QED) is 0.297. The third-order valence-corrected chi connectivity index (χ3v) is 5.25. The summed E-state index contributed by atoms with van der Waals surface area (Å²) in [6.45, 7) is 6.16. The van der Waals surface area contributed by atoms with Gasteiger partial charge in [0.15, 0.2) is 0 Å². The SMILES string of the molecule is CC(=N)c1cnc(Cl)cc1C.CCc1cc(Cl)c(OCc2ccc(OC)cc2)cc1OC. The maximum absolute atomic E-state index is 7.36. The molecule has 0 saturated heterocycles. The van der Waals surface area contributed by atoms with Crippen molar-refractivity contribution in [3.05, 3.63) is 81.1 Å². The molecule has 32 heavy (non-hydrogen) atoms. The van der Waals surface area contributed by atoms with Gasteiger partial charge >= 0.3 is 0 Å². The molecule has 3 rings (SSSR count). The zero-order valence-corrected chi connectivity index (χ0v) is 20.5. The first-order chi connectivity index (χ1) is 15.3. The number of nitrogens with zero attached hydrogens (tertiary/aromatic N) is 1. The lowest BCUT2D eigenvalue weighted by atomic mass is 10.1. The molecule has 0 fully saturated rings. The van der Waals surface area contributed by atoms with Gasteiger partial charge in [0.2, 0.25) is 0 Å². The number of halogens is 2. The minimum atomic E-state index is 0.443. The maximum atomic E-state index is 7.36. The third kappa shape index (κ3) is 7.14. The number of hydrogen-bond acceptors (Lipinski definition) is 5. The molecule has 0 amide bonds. The molecule has 1 N–H and O–H groups in total. The van der Waals surface area contributed by atoms with Gasteiger partial charge in [-0.2, -0.15) is 0 Å². The monoisotopic (exact) mass is 474 g/mol. The normalized spacial score (nSPS) is 10.1. The molecule has 7 heteroatoms. The number of aryl methyl sites for hydroxylation is 2. The average molecular weight is 475 g/mol. The standard InChI is InChI=1S/C17H19ClO3.C8H9ClN2/c1-4-13-9-15(18)17(10-16(13)20-3)21-11-12-5-7-14(19-2)8-6-12;1-5-3-8(9)11-4-7(5)6(2)10/h5-10H,4,11H2,1-3H3;3-4,10H,1-2H3. The number of benzene rings is 2. The Labute approximate surface area is 199 Å². The van der Waals surface area contributed by atoms with E-state index in [9.17, 15) is 0 Å². The highest BCUT2D eigenvalue weighted by Gasteiger charge is 2.09. The van der Waals surface area contributed by atoms with Gasteiger partial charge in [0.05, 0.1) is 19.2 Å². The van der Waals surface area contributed by atoms with Gasteiger partial charge in [0, 0.05) is 23.5 Å². The lowest BCUT2D eigenvalue weighted by Gasteiger charge is -2.13. The van der Waals surface area contributed by atoms with Crippen LogP contribution < -0.4 is 14.2 Å². The van der Waals surface area contributed by atoms with Crippen LogP contribution in [0.15, 0.2) is 48.7 Å². The fraction of sp³-hybridized carbons (Fsp3) is 0.280. The predicted octanol–water partition coefficient (Wildman–Crippen LogP) is 6.93. The van der Waals surface area contributed by atoms with E-state index in [1.807, 2.05) is 43.3 Å². The highest BCUT2D eigenvalue weighted by Crippen LogP contribution is 2.33. The van der Waals surface area contributed by atoms with Gasteiger partial charge in [-0.3, -0.25) is 0 Å². The summed E-state index contributed by atoms with van der Waals surface area (Å²) in [7, 11) is 3.29. The lowest BCUT2D eigenvalue weighted by molar-refractivity contribution is 0.303. The highest BCUT2D eigenvalue weighted by molar-refractivity contribution is 6.32. The first kappa shape index (κ1) is 25.5. The number of nitrogens with one attached hydrogen (secondary N) is 1. The Morgan fingerprint density at radius 1 is 1.00 bits per heavy atom. The third-order valence-electron chi connectivity index (χ3n) is 4.75. The number of aromatic nitrogens is 1. The van der Waals surface area contributed by atoms with Crippen LogP contribution in [0.5, 0.6) is 17.2 Å². The van der Waals surface area contributed by atoms with E-state index < -0.39 is 0 Å². The van der Waals surface area contributed by atoms with Crippen molar-refractivity contribution in [1.29, 1.82) is 5.41 Å². The second-order valence-corrected chi connectivity index (χ2v) is 7.83. The summed E-state index contributed by atoms with van der Waals surface area (Å²) >= 11 is 11.9. The molecule has 1 aromatic heterocycles. The molecule has 170 valence electrons. The van der Waals surface area contributed by atoms with Crippen LogP contribution in [0.4, 0.5) is 0 Å². The van der Waals surface area contributed by atoms with Gasteiger partial charge in [0.1, 0.15) is 29.0 Å². The van der Waals surface area contributed by atoms with E-state index in [0.717, 1.165) is 40.2 Å². The van der Waals surface area contributed by atoms with Crippen molar-refractivity contribution in [3.8, 4) is 17.2 Å². The van der Waals surface area contributed by atoms with Gasteiger partial charge < -0.3 is 19.6 Å². The molecule has 3 aromatic rings. The second-order valence-electron chi connectivity index (χ2n) is 7.03. The number of pyridine rings is 1. The molecule has 0 atom stereocenters. The van der Waals surface area contributed by atoms with Gasteiger partial charge in [-0.25, -0.2) is 4.98 Å². The van der Waals surface area contributed by atoms with Gasteiger partial charge in [-0.15, -0.1) is 0 Å². The predicted molar refractivity (Wildman–Crippen MR) is 131 cm³/mol.